The van der Waals surface area contributed by atoms with Gasteiger partial charge in [0.25, 0.3) is 0 Å². The van der Waals surface area contributed by atoms with E-state index in [2.05, 4.69) is 359 Å². The number of nitrogens with one attached hydrogen (secondary N) is 1. The average Bonchev–Trinajstić information content (AvgIpc) is 1.43. The second-order valence-electron chi connectivity index (χ2n) is 51.9. The molecule has 0 atom stereocenters. The van der Waals surface area contributed by atoms with Crippen LogP contribution in [0.3, 0.4) is 0 Å². The van der Waals surface area contributed by atoms with E-state index in [1.165, 1.54) is 85.9 Å². The molecule has 0 unspecified atom stereocenters. The summed E-state index contributed by atoms with van der Waals surface area (Å²) < 4.78 is 34.6. The molecule has 8 aliphatic rings. The molecule has 0 spiro atoms. The van der Waals surface area contributed by atoms with Crippen molar-refractivity contribution in [3.05, 3.63) is 0 Å². The standard InChI is InChI=1S/C15H29NO.C13H26O.C13H26S.C12H23NO.C12H24O2S.C12H24O.C12H24S.C11H22S/c1-12(17)16-10-8-15(9-11-16,13(2,3)4)14(5,6)7;1-11(2,3)13(12(4,5)6)7-9-14-10-8-13;1-11(2,3)13(12(4,5)6)8-7-9-14-10-13;1-10(2,3)12(11(4,5)6)7-9(14)13-8-12;1-10(2,3)12(11(4,5)6)7-8-15(13,14)9-12;2*1-10(2,3)12(11(4,5)6)7-8-13-9-12;1-9(2)11(10(3)4)5-7-12-8-6-11/h8-11H2,1-7H3;2*7-10H2,1-6H3;7-8H2,1-6H3,(H,13,14);7-9H2,1-6H3;2*7-9H2,1-6H3;9-10H,5-8H2,1-4H3. The summed E-state index contributed by atoms with van der Waals surface area (Å²) in [6, 6.07) is 0. The van der Waals surface area contributed by atoms with Gasteiger partial charge in [-0.05, 0) is 225 Å². The largest absolute Gasteiger partial charge is 0.381 e. The molecule has 8 heterocycles. The summed E-state index contributed by atoms with van der Waals surface area (Å²) >= 11 is 6.42. The number of amides is 2. The van der Waals surface area contributed by atoms with Crippen LogP contribution in [0.15, 0.2) is 0 Å². The number of hydrogen-bond donors (Lipinski definition) is 1. The van der Waals surface area contributed by atoms with Crippen molar-refractivity contribution in [2.75, 3.05) is 92.1 Å². The summed E-state index contributed by atoms with van der Waals surface area (Å²) in [5.41, 5.74) is 6.91. The lowest BCUT2D eigenvalue weighted by Gasteiger charge is -2.57. The number of nitrogens with zero attached hydrogens (tertiary/aromatic N) is 1. The number of hydrogen-bond acceptors (Lipinski definition) is 9. The van der Waals surface area contributed by atoms with E-state index >= 15 is 0 Å². The molecule has 1 N–H and O–H groups in total. The third kappa shape index (κ3) is 25.5. The van der Waals surface area contributed by atoms with E-state index < -0.39 is 9.84 Å². The van der Waals surface area contributed by atoms with E-state index in [1.54, 1.807) is 6.92 Å². The van der Waals surface area contributed by atoms with E-state index in [0.29, 0.717) is 93.7 Å². The highest BCUT2D eigenvalue weighted by atomic mass is 32.2. The van der Waals surface area contributed by atoms with Gasteiger partial charge in [0.05, 0.1) is 18.1 Å². The lowest BCUT2D eigenvalue weighted by molar-refractivity contribution is -0.137. The van der Waals surface area contributed by atoms with Crippen LogP contribution < -0.4 is 5.32 Å². The fourth-order valence-corrected chi connectivity index (χ4v) is 32.3. The maximum Gasteiger partial charge on any atom is 0.220 e. The topological polar surface area (TPSA) is 102 Å². The summed E-state index contributed by atoms with van der Waals surface area (Å²) in [6.07, 6.45) is 14.4. The van der Waals surface area contributed by atoms with Crippen LogP contribution >= 0.6 is 35.3 Å². The van der Waals surface area contributed by atoms with Gasteiger partial charge in [-0.15, -0.1) is 0 Å². The van der Waals surface area contributed by atoms with Crippen LogP contribution in [0.1, 0.15) is 402 Å². The van der Waals surface area contributed by atoms with E-state index in [0.717, 1.165) is 77.2 Å². The minimum Gasteiger partial charge on any atom is -0.381 e. The van der Waals surface area contributed by atoms with Crippen molar-refractivity contribution in [1.29, 1.82) is 0 Å². The second-order valence-corrected chi connectivity index (χ2v) is 57.5. The molecule has 8 rings (SSSR count). The Labute approximate surface area is 715 Å². The number of likely N-dealkylation sites (tertiary alicyclic amines) is 1. The molecule has 0 aromatic rings. The van der Waals surface area contributed by atoms with Crippen molar-refractivity contribution >= 4 is 56.9 Å². The van der Waals surface area contributed by atoms with Gasteiger partial charge in [-0.2, -0.15) is 35.3 Å². The molecule has 112 heavy (non-hydrogen) atoms. The Morgan fingerprint density at radius 3 is 0.857 bits per heavy atom. The lowest BCUT2D eigenvalue weighted by Crippen LogP contribution is -2.54. The summed E-state index contributed by atoms with van der Waals surface area (Å²) in [6.45, 7) is 115. The van der Waals surface area contributed by atoms with Crippen LogP contribution in [0, 0.1) is 131 Å². The van der Waals surface area contributed by atoms with Gasteiger partial charge >= 0.3 is 0 Å². The Morgan fingerprint density at radius 2 is 0.670 bits per heavy atom. The van der Waals surface area contributed by atoms with E-state index in [1.807, 2.05) is 4.90 Å². The van der Waals surface area contributed by atoms with Gasteiger partial charge in [-0.25, -0.2) is 8.42 Å². The van der Waals surface area contributed by atoms with Gasteiger partial charge in [-0.3, -0.25) is 9.59 Å². The number of sulfone groups is 1. The van der Waals surface area contributed by atoms with Gasteiger partial charge in [-0.1, -0.05) is 318 Å². The summed E-state index contributed by atoms with van der Waals surface area (Å²) in [5.74, 6) is 11.1. The van der Waals surface area contributed by atoms with Gasteiger partial charge in [0.2, 0.25) is 11.8 Å². The fraction of sp³-hybridized carbons (Fsp3) is 0.980. The number of rotatable bonds is 2. The molecule has 8 saturated heterocycles. The van der Waals surface area contributed by atoms with Gasteiger partial charge in [0.1, 0.15) is 0 Å². The van der Waals surface area contributed by atoms with Crippen molar-refractivity contribution in [3.8, 4) is 0 Å². The molecule has 12 heteroatoms. The summed E-state index contributed by atoms with van der Waals surface area (Å²) in [5, 5.41) is 2.98. The summed E-state index contributed by atoms with van der Waals surface area (Å²) in [7, 11) is -2.82. The molecule has 0 aromatic carbocycles. The van der Waals surface area contributed by atoms with Crippen molar-refractivity contribution in [3.63, 3.8) is 0 Å². The minimum absolute atomic E-state index is 0.0365. The maximum atomic E-state index is 11.7. The highest BCUT2D eigenvalue weighted by molar-refractivity contribution is 7.99. The average molecular weight is 1650 g/mol. The number of piperidine rings is 1. The number of carbonyl (C=O) groups is 2. The molecule has 8 aliphatic heterocycles. The molecule has 2 amide bonds. The van der Waals surface area contributed by atoms with Crippen LogP contribution in [0.2, 0.25) is 0 Å². The van der Waals surface area contributed by atoms with Crippen LogP contribution in [0.4, 0.5) is 0 Å². The normalized spacial score (nSPS) is 23.3. The highest BCUT2D eigenvalue weighted by Crippen LogP contribution is 2.64. The molecule has 0 bridgehead atoms. The van der Waals surface area contributed by atoms with E-state index in [-0.39, 0.29) is 55.1 Å². The monoisotopic (exact) mass is 1650 g/mol. The third-order valence-corrected chi connectivity index (χ3v) is 38.1. The van der Waals surface area contributed by atoms with Crippen molar-refractivity contribution < 1.29 is 27.5 Å². The Bertz CT molecular complexity index is 2720. The molecule has 8 fully saturated rings. The first kappa shape index (κ1) is 110. The Morgan fingerprint density at radius 1 is 0.366 bits per heavy atom. The van der Waals surface area contributed by atoms with Crippen LogP contribution in [0.5, 0.6) is 0 Å². The zero-order valence-corrected chi connectivity index (χ0v) is 87.5. The molecule has 0 aliphatic carbocycles. The van der Waals surface area contributed by atoms with Crippen LogP contribution in [0.25, 0.3) is 0 Å². The third-order valence-electron chi connectivity index (χ3n) is 32.9. The molecule has 0 radical (unpaired) electrons. The predicted octanol–water partition coefficient (Wildman–Crippen LogP) is 29.1. The molecule has 8 nitrogen and oxygen atoms in total. The molecule has 0 aromatic heterocycles. The highest BCUT2D eigenvalue weighted by Gasteiger charge is 2.60. The summed E-state index contributed by atoms with van der Waals surface area (Å²) in [4.78, 5) is 24.9. The quantitative estimate of drug-likeness (QED) is 0.290. The molecular formula is C100H198N2O6S4. The van der Waals surface area contributed by atoms with Crippen LogP contribution in [-0.2, 0) is 28.9 Å². The first-order chi connectivity index (χ1) is 49.4. The first-order valence-electron chi connectivity index (χ1n) is 45.1. The smallest absolute Gasteiger partial charge is 0.220 e. The minimum atomic E-state index is -2.82. The second kappa shape index (κ2) is 38.7. The molecule has 0 saturated carbocycles. The van der Waals surface area contributed by atoms with Gasteiger partial charge < -0.3 is 19.7 Å². The first-order valence-corrected chi connectivity index (χ1v) is 50.3. The SMILES string of the molecule is CC(=O)N1CCC(C(C)(C)C)(C(C)(C)C)CC1.CC(C)(C)C1(C(C)(C)C)CCCSC1.CC(C)(C)C1(C(C)(C)C)CCOC1.CC(C)(C)C1(C(C)(C)C)CCOCC1.CC(C)(C)C1(C(C)(C)C)CCS(=O)(=O)C1.CC(C)(C)C1(C(C)(C)C)CCSC1.CC(C)(C)C1(C(C)(C)C)CNC(=O)C1.CC(C)C1(C(C)C)CCSCC1. The van der Waals surface area contributed by atoms with Gasteiger partial charge in [0, 0.05) is 63.6 Å². The zero-order chi connectivity index (χ0) is 88.7. The lowest BCUT2D eigenvalue weighted by atomic mass is 9.50. The van der Waals surface area contributed by atoms with E-state index in [9.17, 15) is 18.0 Å². The number of carbonyl (C=O) groups excluding carboxylic acids is 2. The zero-order valence-electron chi connectivity index (χ0n) is 84.3. The molecule has 668 valence electrons. The Balaban J connectivity index is 0.000000641. The maximum absolute atomic E-state index is 11.7. The Hall–Kier alpha value is -0.140. The Kier molecular flexibility index (Phi) is 38.0. The number of ether oxygens (including phenoxy) is 2. The van der Waals surface area contributed by atoms with Crippen molar-refractivity contribution in [2.24, 2.45) is 131 Å². The van der Waals surface area contributed by atoms with Crippen molar-refractivity contribution in [1.82, 2.24) is 10.2 Å². The van der Waals surface area contributed by atoms with Crippen LogP contribution in [-0.4, -0.2) is 117 Å². The van der Waals surface area contributed by atoms with Gasteiger partial charge in [0.15, 0.2) is 9.84 Å². The van der Waals surface area contributed by atoms with Crippen molar-refractivity contribution in [2.45, 2.75) is 402 Å². The number of thioether (sulfide) groups is 3. The molecular weight excluding hydrogens is 1450 g/mol. The fourth-order valence-electron chi connectivity index (χ4n) is 24.6. The van der Waals surface area contributed by atoms with E-state index in [4.69, 9.17) is 9.47 Å². The predicted molar refractivity (Wildman–Crippen MR) is 504 cm³/mol.